The topological polar surface area (TPSA) is 72.8 Å². The predicted octanol–water partition coefficient (Wildman–Crippen LogP) is 12.2. The van der Waals surface area contributed by atoms with E-state index in [1.54, 1.807) is 0 Å². The van der Waals surface area contributed by atoms with Gasteiger partial charge in [0.15, 0.2) is 6.10 Å². The molecule has 0 aromatic rings. The smallest absolute Gasteiger partial charge is 0.306 e. The lowest BCUT2D eigenvalue weighted by Crippen LogP contribution is -2.28. The van der Waals surface area contributed by atoms with Gasteiger partial charge in [0.2, 0.25) is 0 Å². The minimum atomic E-state index is -0.777. The summed E-state index contributed by atoms with van der Waals surface area (Å²) in [5, 5.41) is 9.55. The zero-order chi connectivity index (χ0) is 34.3. The highest BCUT2D eigenvalue weighted by Crippen LogP contribution is 2.14. The van der Waals surface area contributed by atoms with Crippen molar-refractivity contribution in [2.75, 3.05) is 13.2 Å². The Hall–Kier alpha value is -2.14. The molecule has 0 aromatic carbocycles. The molecule has 0 aliphatic carbocycles. The summed E-state index contributed by atoms with van der Waals surface area (Å²) in [6, 6.07) is 0. The maximum Gasteiger partial charge on any atom is 0.306 e. The Morgan fingerprint density at radius 2 is 0.915 bits per heavy atom. The molecule has 0 rings (SSSR count). The van der Waals surface area contributed by atoms with Gasteiger partial charge in [0.1, 0.15) is 6.61 Å². The summed E-state index contributed by atoms with van der Waals surface area (Å²) in [5.41, 5.74) is 0. The fourth-order valence-corrected chi connectivity index (χ4v) is 5.43. The van der Waals surface area contributed by atoms with Crippen molar-refractivity contribution >= 4 is 11.9 Å². The highest BCUT2D eigenvalue weighted by Gasteiger charge is 2.16. The van der Waals surface area contributed by atoms with Crippen LogP contribution in [0.15, 0.2) is 48.6 Å². The molecule has 0 heterocycles. The van der Waals surface area contributed by atoms with Gasteiger partial charge in [-0.3, -0.25) is 9.59 Å². The van der Waals surface area contributed by atoms with E-state index in [2.05, 4.69) is 62.5 Å². The minimum absolute atomic E-state index is 0.0705. The van der Waals surface area contributed by atoms with Crippen LogP contribution in [0.25, 0.3) is 0 Å². The third-order valence-electron chi connectivity index (χ3n) is 8.39. The molecule has 0 spiro atoms. The van der Waals surface area contributed by atoms with Gasteiger partial charge in [0, 0.05) is 12.8 Å². The second kappa shape index (κ2) is 38.3. The Labute approximate surface area is 290 Å². The van der Waals surface area contributed by atoms with Crippen molar-refractivity contribution in [3.63, 3.8) is 0 Å². The van der Waals surface area contributed by atoms with E-state index >= 15 is 0 Å². The van der Waals surface area contributed by atoms with E-state index in [0.29, 0.717) is 12.8 Å². The zero-order valence-corrected chi connectivity index (χ0v) is 30.8. The van der Waals surface area contributed by atoms with Gasteiger partial charge in [-0.2, -0.15) is 0 Å². The molecule has 5 nitrogen and oxygen atoms in total. The van der Waals surface area contributed by atoms with Crippen LogP contribution in [-0.2, 0) is 19.1 Å². The summed E-state index contributed by atoms with van der Waals surface area (Å²) < 4.78 is 10.6. The highest BCUT2D eigenvalue weighted by molar-refractivity contribution is 5.70. The van der Waals surface area contributed by atoms with Crippen LogP contribution in [0, 0.1) is 0 Å². The van der Waals surface area contributed by atoms with Crippen LogP contribution in [-0.4, -0.2) is 36.4 Å². The quantitative estimate of drug-likeness (QED) is 0.0417. The molecule has 0 saturated heterocycles. The van der Waals surface area contributed by atoms with E-state index < -0.39 is 6.10 Å². The average molecular weight is 659 g/mol. The SMILES string of the molecule is CC/C=C\C/C=C\C/C=C\C/C=C\CCCCCCCCC(=O)OC(CO)COC(=O)CCCCCCCCCCCCCCCC. The van der Waals surface area contributed by atoms with E-state index in [0.717, 1.165) is 70.6 Å². The lowest BCUT2D eigenvalue weighted by Gasteiger charge is -2.15. The normalized spacial score (nSPS) is 12.7. The molecule has 272 valence electrons. The first kappa shape index (κ1) is 44.9. The number of rotatable bonds is 35. The van der Waals surface area contributed by atoms with Crippen molar-refractivity contribution < 1.29 is 24.2 Å². The molecule has 0 aliphatic rings. The Morgan fingerprint density at radius 1 is 0.511 bits per heavy atom. The van der Waals surface area contributed by atoms with Gasteiger partial charge >= 0.3 is 11.9 Å². The number of hydrogen-bond donors (Lipinski definition) is 1. The summed E-state index contributed by atoms with van der Waals surface area (Å²) in [6.45, 7) is 4.01. The van der Waals surface area contributed by atoms with Gasteiger partial charge in [-0.1, -0.05) is 172 Å². The number of allylic oxidation sites excluding steroid dienone is 8. The zero-order valence-electron chi connectivity index (χ0n) is 30.8. The molecule has 1 N–H and O–H groups in total. The number of aliphatic hydroxyl groups is 1. The molecule has 0 aliphatic heterocycles. The number of carbonyl (C=O) groups excluding carboxylic acids is 2. The first-order valence-electron chi connectivity index (χ1n) is 19.7. The number of ether oxygens (including phenoxy) is 2. The van der Waals surface area contributed by atoms with E-state index in [4.69, 9.17) is 9.47 Å². The van der Waals surface area contributed by atoms with Crippen LogP contribution in [0.5, 0.6) is 0 Å². The molecule has 0 fully saturated rings. The van der Waals surface area contributed by atoms with E-state index in [1.165, 1.54) is 89.9 Å². The standard InChI is InChI=1S/C42H74O5/c1-3-5-7-9-11-13-15-17-19-20-21-22-23-25-27-29-31-33-35-37-42(45)47-40(38-43)39-46-41(44)36-34-32-30-28-26-24-18-16-14-12-10-8-6-4-2/h5,7,11,13,17,19,21-22,40,43H,3-4,6,8-10,12,14-16,18,20,23-39H2,1-2H3/b7-5-,13-11-,19-17-,22-21-. The van der Waals surface area contributed by atoms with E-state index in [-0.39, 0.29) is 25.2 Å². The molecule has 0 bridgehead atoms. The fraction of sp³-hybridized carbons (Fsp3) is 0.762. The average Bonchev–Trinajstić information content (AvgIpc) is 3.07. The third kappa shape index (κ3) is 36.5. The molecule has 1 atom stereocenters. The lowest BCUT2D eigenvalue weighted by molar-refractivity contribution is -0.161. The maximum absolute atomic E-state index is 12.2. The highest BCUT2D eigenvalue weighted by atomic mass is 16.6. The molecule has 0 radical (unpaired) electrons. The van der Waals surface area contributed by atoms with Crippen LogP contribution in [0.1, 0.15) is 187 Å². The van der Waals surface area contributed by atoms with Gasteiger partial charge in [-0.25, -0.2) is 0 Å². The van der Waals surface area contributed by atoms with Gasteiger partial charge in [0.25, 0.3) is 0 Å². The fourth-order valence-electron chi connectivity index (χ4n) is 5.43. The Bertz CT molecular complexity index is 797. The largest absolute Gasteiger partial charge is 0.462 e. The molecular formula is C42H74O5. The minimum Gasteiger partial charge on any atom is -0.462 e. The number of carbonyl (C=O) groups is 2. The Balaban J connectivity index is 3.59. The molecule has 5 heteroatoms. The monoisotopic (exact) mass is 659 g/mol. The van der Waals surface area contributed by atoms with Crippen molar-refractivity contribution in [1.82, 2.24) is 0 Å². The van der Waals surface area contributed by atoms with Gasteiger partial charge in [0.05, 0.1) is 6.61 Å². The van der Waals surface area contributed by atoms with E-state index in [9.17, 15) is 14.7 Å². The summed E-state index contributed by atoms with van der Waals surface area (Å²) in [4.78, 5) is 24.2. The molecule has 0 aromatic heterocycles. The molecule has 47 heavy (non-hydrogen) atoms. The second-order valence-electron chi connectivity index (χ2n) is 13.0. The number of hydrogen-bond acceptors (Lipinski definition) is 5. The van der Waals surface area contributed by atoms with Gasteiger partial charge in [-0.05, 0) is 51.4 Å². The van der Waals surface area contributed by atoms with E-state index in [1.807, 2.05) is 0 Å². The van der Waals surface area contributed by atoms with Crippen LogP contribution >= 0.6 is 0 Å². The van der Waals surface area contributed by atoms with Crippen molar-refractivity contribution in [1.29, 1.82) is 0 Å². The predicted molar refractivity (Wildman–Crippen MR) is 200 cm³/mol. The summed E-state index contributed by atoms with van der Waals surface area (Å²) >= 11 is 0. The van der Waals surface area contributed by atoms with Crippen molar-refractivity contribution in [2.45, 2.75) is 193 Å². The molecule has 1 unspecified atom stereocenters. The summed E-state index contributed by atoms with van der Waals surface area (Å²) in [7, 11) is 0. The summed E-state index contributed by atoms with van der Waals surface area (Å²) in [5.74, 6) is -0.605. The molecule has 0 amide bonds. The molecule has 0 saturated carbocycles. The van der Waals surface area contributed by atoms with Gasteiger partial charge < -0.3 is 14.6 Å². The second-order valence-corrected chi connectivity index (χ2v) is 13.0. The Morgan fingerprint density at radius 3 is 1.38 bits per heavy atom. The first-order valence-corrected chi connectivity index (χ1v) is 19.7. The van der Waals surface area contributed by atoms with Crippen LogP contribution < -0.4 is 0 Å². The lowest BCUT2D eigenvalue weighted by atomic mass is 10.0. The van der Waals surface area contributed by atoms with Crippen LogP contribution in [0.4, 0.5) is 0 Å². The van der Waals surface area contributed by atoms with Crippen molar-refractivity contribution in [2.24, 2.45) is 0 Å². The van der Waals surface area contributed by atoms with Crippen molar-refractivity contribution in [3.8, 4) is 0 Å². The Kier molecular flexibility index (Phi) is 36.6. The molecular weight excluding hydrogens is 584 g/mol. The van der Waals surface area contributed by atoms with Crippen LogP contribution in [0.2, 0.25) is 0 Å². The van der Waals surface area contributed by atoms with Crippen molar-refractivity contribution in [3.05, 3.63) is 48.6 Å². The number of unbranched alkanes of at least 4 members (excludes halogenated alkanes) is 19. The maximum atomic E-state index is 12.2. The first-order chi connectivity index (χ1) is 23.1. The number of aliphatic hydroxyl groups excluding tert-OH is 1. The number of esters is 2. The van der Waals surface area contributed by atoms with Crippen LogP contribution in [0.3, 0.4) is 0 Å². The van der Waals surface area contributed by atoms with Gasteiger partial charge in [-0.15, -0.1) is 0 Å². The summed E-state index contributed by atoms with van der Waals surface area (Å²) in [6.07, 6.45) is 47.4. The third-order valence-corrected chi connectivity index (χ3v) is 8.39.